The van der Waals surface area contributed by atoms with Gasteiger partial charge >= 0.3 is 0 Å². The molecule has 1 aromatic rings. The number of anilines is 1. The van der Waals surface area contributed by atoms with Crippen LogP contribution in [0, 0.1) is 0 Å². The van der Waals surface area contributed by atoms with Crippen molar-refractivity contribution in [2.45, 2.75) is 0 Å². The molecule has 0 bridgehead atoms. The Morgan fingerprint density at radius 2 is 2.00 bits per heavy atom. The average Bonchev–Trinajstić information content (AvgIpc) is 2.16. The van der Waals surface area contributed by atoms with Gasteiger partial charge in [0.1, 0.15) is 12.4 Å². The van der Waals surface area contributed by atoms with Crippen LogP contribution in [0.4, 0.5) is 5.69 Å². The largest absolute Gasteiger partial charge is 0.486 e. The van der Waals surface area contributed by atoms with Crippen LogP contribution in [0.1, 0.15) is 0 Å². The Labute approximate surface area is 75.6 Å². The topological polar surface area (TPSA) is 93.9 Å². The SMILES string of the molecule is N/C(COc1ccc(N)cc1)=N/O. The van der Waals surface area contributed by atoms with Gasteiger partial charge in [0.05, 0.1) is 0 Å². The quantitative estimate of drug-likeness (QED) is 0.207. The van der Waals surface area contributed by atoms with Gasteiger partial charge in [-0.15, -0.1) is 0 Å². The molecule has 0 heterocycles. The van der Waals surface area contributed by atoms with Gasteiger partial charge in [0.2, 0.25) is 0 Å². The smallest absolute Gasteiger partial charge is 0.177 e. The summed E-state index contributed by atoms with van der Waals surface area (Å²) in [6, 6.07) is 6.84. The second-order valence-electron chi connectivity index (χ2n) is 2.45. The normalized spacial score (nSPS) is 11.2. The Morgan fingerprint density at radius 3 is 2.54 bits per heavy atom. The number of rotatable bonds is 3. The van der Waals surface area contributed by atoms with Gasteiger partial charge in [-0.05, 0) is 24.3 Å². The first-order valence-electron chi connectivity index (χ1n) is 3.67. The first-order chi connectivity index (χ1) is 6.22. The maximum Gasteiger partial charge on any atom is 0.177 e. The van der Waals surface area contributed by atoms with E-state index in [-0.39, 0.29) is 12.4 Å². The summed E-state index contributed by atoms with van der Waals surface area (Å²) >= 11 is 0. The fourth-order valence-corrected chi connectivity index (χ4v) is 0.750. The summed E-state index contributed by atoms with van der Waals surface area (Å²) in [5.74, 6) is 0.651. The number of nitrogens with two attached hydrogens (primary N) is 2. The zero-order valence-corrected chi connectivity index (χ0v) is 6.97. The molecule has 0 aromatic heterocycles. The number of benzene rings is 1. The number of hydrogen-bond acceptors (Lipinski definition) is 4. The summed E-state index contributed by atoms with van der Waals surface area (Å²) in [6.07, 6.45) is 0. The summed E-state index contributed by atoms with van der Waals surface area (Å²) in [6.45, 7) is 0.0560. The summed E-state index contributed by atoms with van der Waals surface area (Å²) in [5, 5.41) is 11.0. The van der Waals surface area contributed by atoms with Gasteiger partial charge in [-0.3, -0.25) is 0 Å². The van der Waals surface area contributed by atoms with Crippen LogP contribution in [0.3, 0.4) is 0 Å². The number of amidine groups is 1. The van der Waals surface area contributed by atoms with Crippen LogP contribution in [0.5, 0.6) is 5.75 Å². The van der Waals surface area contributed by atoms with Crippen LogP contribution in [0.2, 0.25) is 0 Å². The molecule has 0 unspecified atom stereocenters. The maximum atomic E-state index is 8.22. The lowest BCUT2D eigenvalue weighted by molar-refractivity contribution is 0.306. The van der Waals surface area contributed by atoms with E-state index in [4.69, 9.17) is 21.4 Å². The Hall–Kier alpha value is -1.91. The zero-order valence-electron chi connectivity index (χ0n) is 6.97. The molecule has 0 saturated carbocycles. The fourth-order valence-electron chi connectivity index (χ4n) is 0.750. The van der Waals surface area contributed by atoms with E-state index in [0.717, 1.165) is 0 Å². The van der Waals surface area contributed by atoms with Gasteiger partial charge in [-0.1, -0.05) is 5.16 Å². The molecule has 1 aromatic carbocycles. The third kappa shape index (κ3) is 2.90. The van der Waals surface area contributed by atoms with E-state index in [0.29, 0.717) is 11.4 Å². The Balaban J connectivity index is 2.51. The van der Waals surface area contributed by atoms with E-state index < -0.39 is 0 Å². The van der Waals surface area contributed by atoms with Crippen molar-refractivity contribution in [2.24, 2.45) is 10.9 Å². The number of oxime groups is 1. The van der Waals surface area contributed by atoms with E-state index >= 15 is 0 Å². The minimum atomic E-state index is 0.0248. The van der Waals surface area contributed by atoms with Crippen molar-refractivity contribution >= 4 is 11.5 Å². The molecule has 0 aliphatic heterocycles. The number of hydrogen-bond donors (Lipinski definition) is 3. The molecular weight excluding hydrogens is 170 g/mol. The minimum Gasteiger partial charge on any atom is -0.486 e. The second-order valence-corrected chi connectivity index (χ2v) is 2.45. The minimum absolute atomic E-state index is 0.0248. The van der Waals surface area contributed by atoms with Gasteiger partial charge < -0.3 is 21.4 Å². The summed E-state index contributed by atoms with van der Waals surface area (Å²) in [5.41, 5.74) is 11.3. The van der Waals surface area contributed by atoms with Gasteiger partial charge in [-0.25, -0.2) is 0 Å². The second kappa shape index (κ2) is 4.20. The van der Waals surface area contributed by atoms with E-state index in [1.165, 1.54) is 0 Å². The van der Waals surface area contributed by atoms with Crippen LogP contribution >= 0.6 is 0 Å². The lowest BCUT2D eigenvalue weighted by Gasteiger charge is -2.04. The molecule has 13 heavy (non-hydrogen) atoms. The Kier molecular flexibility index (Phi) is 2.97. The van der Waals surface area contributed by atoms with E-state index in [1.807, 2.05) is 0 Å². The summed E-state index contributed by atoms with van der Waals surface area (Å²) in [7, 11) is 0. The van der Waals surface area contributed by atoms with Crippen molar-refractivity contribution in [3.63, 3.8) is 0 Å². The predicted octanol–water partition coefficient (Wildman–Crippen LogP) is 0.394. The number of nitrogens with zero attached hydrogens (tertiary/aromatic N) is 1. The van der Waals surface area contributed by atoms with Gasteiger partial charge in [0.25, 0.3) is 0 Å². The average molecular weight is 181 g/mol. The van der Waals surface area contributed by atoms with Crippen molar-refractivity contribution in [1.82, 2.24) is 0 Å². The molecule has 5 heteroatoms. The number of nitrogen functional groups attached to an aromatic ring is 1. The standard InChI is InChI=1S/C8H11N3O2/c9-6-1-3-7(4-2-6)13-5-8(10)11-12/h1-4,12H,5,9H2,(H2,10,11). The molecule has 0 amide bonds. The van der Waals surface area contributed by atoms with Crippen LogP contribution in [0.25, 0.3) is 0 Å². The molecule has 0 radical (unpaired) electrons. The van der Waals surface area contributed by atoms with Crippen molar-refractivity contribution in [3.8, 4) is 5.75 Å². The number of ether oxygens (including phenoxy) is 1. The third-order valence-corrected chi connectivity index (χ3v) is 1.40. The van der Waals surface area contributed by atoms with Crippen LogP contribution in [0.15, 0.2) is 29.4 Å². The molecular formula is C8H11N3O2. The summed E-state index contributed by atoms with van der Waals surface area (Å²) in [4.78, 5) is 0. The summed E-state index contributed by atoms with van der Waals surface area (Å²) < 4.78 is 5.14. The molecule has 1 rings (SSSR count). The van der Waals surface area contributed by atoms with Crippen molar-refractivity contribution in [2.75, 3.05) is 12.3 Å². The first kappa shape index (κ1) is 9.18. The van der Waals surface area contributed by atoms with Crippen molar-refractivity contribution < 1.29 is 9.94 Å². The van der Waals surface area contributed by atoms with E-state index in [9.17, 15) is 0 Å². The molecule has 0 aliphatic carbocycles. The van der Waals surface area contributed by atoms with Crippen LogP contribution in [-0.4, -0.2) is 17.6 Å². The lowest BCUT2D eigenvalue weighted by atomic mass is 10.3. The van der Waals surface area contributed by atoms with E-state index in [2.05, 4.69) is 5.16 Å². The van der Waals surface area contributed by atoms with Crippen LogP contribution < -0.4 is 16.2 Å². The molecule has 0 spiro atoms. The predicted molar refractivity (Wildman–Crippen MR) is 49.8 cm³/mol. The highest BCUT2D eigenvalue weighted by Gasteiger charge is 1.95. The van der Waals surface area contributed by atoms with E-state index in [1.54, 1.807) is 24.3 Å². The van der Waals surface area contributed by atoms with Gasteiger partial charge in [0, 0.05) is 5.69 Å². The molecule has 0 atom stereocenters. The Bertz CT molecular complexity index is 295. The van der Waals surface area contributed by atoms with Crippen molar-refractivity contribution in [1.29, 1.82) is 0 Å². The lowest BCUT2D eigenvalue weighted by Crippen LogP contribution is -2.20. The molecule has 0 saturated heterocycles. The monoisotopic (exact) mass is 181 g/mol. The molecule has 5 N–H and O–H groups in total. The molecule has 70 valence electrons. The highest BCUT2D eigenvalue weighted by Crippen LogP contribution is 2.12. The first-order valence-corrected chi connectivity index (χ1v) is 3.67. The fraction of sp³-hybridized carbons (Fsp3) is 0.125. The van der Waals surface area contributed by atoms with Gasteiger partial charge in [0.15, 0.2) is 5.84 Å². The highest BCUT2D eigenvalue weighted by atomic mass is 16.5. The molecule has 5 nitrogen and oxygen atoms in total. The Morgan fingerprint density at radius 1 is 1.38 bits per heavy atom. The molecule has 0 aliphatic rings. The zero-order chi connectivity index (χ0) is 9.68. The highest BCUT2D eigenvalue weighted by molar-refractivity contribution is 5.81. The van der Waals surface area contributed by atoms with Gasteiger partial charge in [-0.2, -0.15) is 0 Å². The van der Waals surface area contributed by atoms with Crippen molar-refractivity contribution in [3.05, 3.63) is 24.3 Å². The maximum absolute atomic E-state index is 8.22. The third-order valence-electron chi connectivity index (χ3n) is 1.40. The van der Waals surface area contributed by atoms with Crippen LogP contribution in [-0.2, 0) is 0 Å². The molecule has 0 fully saturated rings.